The van der Waals surface area contributed by atoms with Crippen molar-refractivity contribution >= 4 is 5.91 Å². The third-order valence-electron chi connectivity index (χ3n) is 5.84. The highest BCUT2D eigenvalue weighted by molar-refractivity contribution is 5.96. The SMILES string of the molecule is COc1ccccc1C(NC(=O)c1cc(C)n(Cc2ccccc2)c1C)c1nccn1C. The summed E-state index contributed by atoms with van der Waals surface area (Å²) in [4.78, 5) is 18.0. The fourth-order valence-electron chi connectivity index (χ4n) is 4.09. The predicted octanol–water partition coefficient (Wildman–Crippen LogP) is 4.41. The Bertz CT molecular complexity index is 1220. The average Bonchev–Trinajstić information content (AvgIpc) is 3.36. The van der Waals surface area contributed by atoms with Crippen molar-refractivity contribution in [1.82, 2.24) is 19.4 Å². The van der Waals surface area contributed by atoms with Gasteiger partial charge < -0.3 is 19.2 Å². The van der Waals surface area contributed by atoms with E-state index in [4.69, 9.17) is 4.74 Å². The quantitative estimate of drug-likeness (QED) is 0.474. The molecule has 0 saturated carbocycles. The van der Waals surface area contributed by atoms with Gasteiger partial charge in [-0.05, 0) is 31.5 Å². The number of nitrogens with one attached hydrogen (secondary N) is 1. The van der Waals surface area contributed by atoms with Gasteiger partial charge in [0.1, 0.15) is 17.6 Å². The van der Waals surface area contributed by atoms with Crippen molar-refractivity contribution in [2.45, 2.75) is 26.4 Å². The molecule has 0 radical (unpaired) electrons. The maximum Gasteiger partial charge on any atom is 0.253 e. The summed E-state index contributed by atoms with van der Waals surface area (Å²) in [6, 6.07) is 19.5. The third-order valence-corrected chi connectivity index (χ3v) is 5.84. The van der Waals surface area contributed by atoms with Gasteiger partial charge in [0.05, 0.1) is 12.7 Å². The number of methoxy groups -OCH3 is 1. The van der Waals surface area contributed by atoms with Crippen LogP contribution >= 0.6 is 0 Å². The molecule has 0 aliphatic heterocycles. The molecule has 6 heteroatoms. The Morgan fingerprint density at radius 1 is 1.09 bits per heavy atom. The lowest BCUT2D eigenvalue weighted by molar-refractivity contribution is 0.0940. The lowest BCUT2D eigenvalue weighted by Crippen LogP contribution is -2.31. The molecule has 0 fully saturated rings. The Labute approximate surface area is 188 Å². The minimum atomic E-state index is -0.448. The first-order valence-electron chi connectivity index (χ1n) is 10.6. The molecule has 1 atom stereocenters. The summed E-state index contributed by atoms with van der Waals surface area (Å²) in [5.41, 5.74) is 4.69. The number of carbonyl (C=O) groups excluding carboxylic acids is 1. The van der Waals surface area contributed by atoms with Gasteiger partial charge >= 0.3 is 0 Å². The van der Waals surface area contributed by atoms with Crippen LogP contribution in [0.3, 0.4) is 0 Å². The van der Waals surface area contributed by atoms with Crippen LogP contribution in [0.2, 0.25) is 0 Å². The smallest absolute Gasteiger partial charge is 0.253 e. The molecule has 0 saturated heterocycles. The standard InChI is InChI=1S/C26H28N4O2/c1-18-16-22(19(2)30(18)17-20-10-6-5-7-11-20)26(31)28-24(25-27-14-15-29(25)3)21-12-8-9-13-23(21)32-4/h5-16,24H,17H2,1-4H3,(H,28,31). The number of hydrogen-bond acceptors (Lipinski definition) is 3. The number of nitrogens with zero attached hydrogens (tertiary/aromatic N) is 3. The van der Waals surface area contributed by atoms with Gasteiger partial charge in [0.2, 0.25) is 0 Å². The second-order valence-electron chi connectivity index (χ2n) is 7.90. The number of amides is 1. The number of rotatable bonds is 7. The summed E-state index contributed by atoms with van der Waals surface area (Å²) in [5.74, 6) is 1.30. The van der Waals surface area contributed by atoms with Gasteiger partial charge in [-0.3, -0.25) is 4.79 Å². The van der Waals surface area contributed by atoms with Crippen LogP contribution in [-0.2, 0) is 13.6 Å². The molecule has 0 spiro atoms. The first-order valence-corrected chi connectivity index (χ1v) is 10.6. The molecular weight excluding hydrogens is 400 g/mol. The molecule has 32 heavy (non-hydrogen) atoms. The number of ether oxygens (including phenoxy) is 1. The molecule has 0 aliphatic carbocycles. The van der Waals surface area contributed by atoms with E-state index in [2.05, 4.69) is 27.0 Å². The van der Waals surface area contributed by atoms with E-state index < -0.39 is 6.04 Å². The van der Waals surface area contributed by atoms with E-state index >= 15 is 0 Å². The van der Waals surface area contributed by atoms with Crippen molar-refractivity contribution in [1.29, 1.82) is 0 Å². The average molecular weight is 429 g/mol. The highest BCUT2D eigenvalue weighted by atomic mass is 16.5. The van der Waals surface area contributed by atoms with Crippen LogP contribution in [0.5, 0.6) is 5.75 Å². The van der Waals surface area contributed by atoms with Gasteiger partial charge in [0.15, 0.2) is 0 Å². The molecule has 4 aromatic rings. The van der Waals surface area contributed by atoms with Gasteiger partial charge in [0.25, 0.3) is 5.91 Å². The van der Waals surface area contributed by atoms with Crippen LogP contribution in [0, 0.1) is 13.8 Å². The molecule has 1 N–H and O–H groups in total. The molecule has 4 rings (SSSR count). The van der Waals surface area contributed by atoms with Gasteiger partial charge in [-0.15, -0.1) is 0 Å². The third kappa shape index (κ3) is 4.17. The largest absolute Gasteiger partial charge is 0.496 e. The van der Waals surface area contributed by atoms with Crippen LogP contribution in [0.1, 0.15) is 44.7 Å². The van der Waals surface area contributed by atoms with Gasteiger partial charge in [-0.2, -0.15) is 0 Å². The van der Waals surface area contributed by atoms with E-state index in [0.29, 0.717) is 11.3 Å². The molecule has 0 bridgehead atoms. The maximum absolute atomic E-state index is 13.5. The highest BCUT2D eigenvalue weighted by Crippen LogP contribution is 2.29. The summed E-state index contributed by atoms with van der Waals surface area (Å²) in [6.07, 6.45) is 3.60. The first kappa shape index (κ1) is 21.4. The summed E-state index contributed by atoms with van der Waals surface area (Å²) >= 11 is 0. The van der Waals surface area contributed by atoms with Gasteiger partial charge in [-0.25, -0.2) is 4.98 Å². The summed E-state index contributed by atoms with van der Waals surface area (Å²) in [6.45, 7) is 4.74. The van der Waals surface area contributed by atoms with Crippen molar-refractivity contribution in [3.63, 3.8) is 0 Å². The number of imidazole rings is 1. The van der Waals surface area contributed by atoms with Crippen molar-refractivity contribution in [2.24, 2.45) is 7.05 Å². The van der Waals surface area contributed by atoms with Crippen LogP contribution in [0.25, 0.3) is 0 Å². The fourth-order valence-corrected chi connectivity index (χ4v) is 4.09. The Balaban J connectivity index is 1.67. The van der Waals surface area contributed by atoms with E-state index in [1.807, 2.05) is 80.2 Å². The fraction of sp³-hybridized carbons (Fsp3) is 0.231. The van der Waals surface area contributed by atoms with Gasteiger partial charge in [0, 0.05) is 42.9 Å². The molecule has 6 nitrogen and oxygen atoms in total. The van der Waals surface area contributed by atoms with Crippen molar-refractivity contribution < 1.29 is 9.53 Å². The lowest BCUT2D eigenvalue weighted by Gasteiger charge is -2.21. The number of benzene rings is 2. The first-order chi connectivity index (χ1) is 15.5. The minimum absolute atomic E-state index is 0.142. The Hall–Kier alpha value is -3.80. The number of para-hydroxylation sites is 1. The number of aromatic nitrogens is 3. The maximum atomic E-state index is 13.5. The number of hydrogen-bond donors (Lipinski definition) is 1. The molecule has 2 aromatic heterocycles. The summed E-state index contributed by atoms with van der Waals surface area (Å²) in [5, 5.41) is 3.20. The van der Waals surface area contributed by atoms with Crippen molar-refractivity contribution in [3.8, 4) is 5.75 Å². The Morgan fingerprint density at radius 3 is 2.50 bits per heavy atom. The predicted molar refractivity (Wildman–Crippen MR) is 125 cm³/mol. The Morgan fingerprint density at radius 2 is 1.81 bits per heavy atom. The van der Waals surface area contributed by atoms with E-state index in [-0.39, 0.29) is 5.91 Å². The number of carbonyl (C=O) groups is 1. The van der Waals surface area contributed by atoms with E-state index in [0.717, 1.165) is 29.3 Å². The normalized spacial score (nSPS) is 11.9. The molecule has 164 valence electrons. The molecule has 1 unspecified atom stereocenters. The van der Waals surface area contributed by atoms with Crippen LogP contribution in [0.15, 0.2) is 73.1 Å². The minimum Gasteiger partial charge on any atom is -0.496 e. The monoisotopic (exact) mass is 428 g/mol. The lowest BCUT2D eigenvalue weighted by atomic mass is 10.0. The molecule has 2 aromatic carbocycles. The van der Waals surface area contributed by atoms with E-state index in [1.54, 1.807) is 13.3 Å². The second kappa shape index (κ2) is 9.14. The van der Waals surface area contributed by atoms with E-state index in [9.17, 15) is 4.79 Å². The van der Waals surface area contributed by atoms with Gasteiger partial charge in [-0.1, -0.05) is 48.5 Å². The van der Waals surface area contributed by atoms with E-state index in [1.165, 1.54) is 5.56 Å². The van der Waals surface area contributed by atoms with Crippen LogP contribution in [-0.4, -0.2) is 27.1 Å². The highest BCUT2D eigenvalue weighted by Gasteiger charge is 2.26. The summed E-state index contributed by atoms with van der Waals surface area (Å²) < 4.78 is 9.65. The van der Waals surface area contributed by atoms with Crippen molar-refractivity contribution in [3.05, 3.63) is 107 Å². The molecular formula is C26H28N4O2. The molecule has 2 heterocycles. The van der Waals surface area contributed by atoms with Crippen LogP contribution < -0.4 is 10.1 Å². The van der Waals surface area contributed by atoms with Crippen molar-refractivity contribution in [2.75, 3.05) is 7.11 Å². The zero-order valence-corrected chi connectivity index (χ0v) is 18.9. The Kier molecular flexibility index (Phi) is 6.12. The number of aryl methyl sites for hydroxylation is 2. The topological polar surface area (TPSA) is 61.1 Å². The summed E-state index contributed by atoms with van der Waals surface area (Å²) in [7, 11) is 3.55. The zero-order valence-electron chi connectivity index (χ0n) is 18.9. The molecule has 1 amide bonds. The second-order valence-corrected chi connectivity index (χ2v) is 7.90. The van der Waals surface area contributed by atoms with Crippen LogP contribution in [0.4, 0.5) is 0 Å². The zero-order chi connectivity index (χ0) is 22.7. The molecule has 0 aliphatic rings.